The topological polar surface area (TPSA) is 111 Å². The van der Waals surface area contributed by atoms with Gasteiger partial charge < -0.3 is 15.8 Å². The molecule has 0 amide bonds. The van der Waals surface area contributed by atoms with Crippen molar-refractivity contribution >= 4 is 27.3 Å². The Balaban J connectivity index is 2.81. The number of anilines is 2. The van der Waals surface area contributed by atoms with E-state index in [0.29, 0.717) is 0 Å². The smallest absolute Gasteiger partial charge is 0.340 e. The van der Waals surface area contributed by atoms with E-state index in [4.69, 9.17) is 5.73 Å². The summed E-state index contributed by atoms with van der Waals surface area (Å²) in [5, 5.41) is 2.77. The molecule has 1 rings (SSSR count). The first-order chi connectivity index (χ1) is 8.35. The Hall–Kier alpha value is -1.83. The monoisotopic (exact) mass is 273 g/mol. The maximum absolute atomic E-state index is 11.4. The van der Waals surface area contributed by atoms with Crippen LogP contribution in [0.25, 0.3) is 0 Å². The lowest BCUT2D eigenvalue weighted by Gasteiger charge is -2.10. The molecule has 0 spiro atoms. The third-order valence-corrected chi connectivity index (χ3v) is 3.11. The van der Waals surface area contributed by atoms with Crippen molar-refractivity contribution in [1.29, 1.82) is 0 Å². The zero-order chi connectivity index (χ0) is 13.8. The molecule has 0 saturated carbocycles. The van der Waals surface area contributed by atoms with Crippen molar-refractivity contribution in [2.75, 3.05) is 36.7 Å². The van der Waals surface area contributed by atoms with Gasteiger partial charge in [0.2, 0.25) is 0 Å². The Morgan fingerprint density at radius 3 is 2.78 bits per heavy atom. The summed E-state index contributed by atoms with van der Waals surface area (Å²) in [5.41, 5.74) is 6.06. The number of carbonyl (C=O) groups is 1. The number of carbonyl (C=O) groups excluding carboxylic acids is 1. The molecule has 0 aliphatic carbocycles. The lowest BCUT2D eigenvalue weighted by molar-refractivity contribution is 0.0602. The van der Waals surface area contributed by atoms with Gasteiger partial charge in [0.1, 0.15) is 15.7 Å². The number of pyridine rings is 1. The number of nitrogens with zero attached hydrogens (tertiary/aromatic N) is 1. The summed E-state index contributed by atoms with van der Waals surface area (Å²) in [7, 11) is -1.81. The summed E-state index contributed by atoms with van der Waals surface area (Å²) in [5.74, 6) is -0.348. The van der Waals surface area contributed by atoms with Crippen LogP contribution in [0.2, 0.25) is 0 Å². The highest BCUT2D eigenvalue weighted by Gasteiger charge is 2.13. The van der Waals surface area contributed by atoms with Gasteiger partial charge in [0.25, 0.3) is 0 Å². The van der Waals surface area contributed by atoms with Crippen molar-refractivity contribution in [3.05, 3.63) is 17.8 Å². The summed E-state index contributed by atoms with van der Waals surface area (Å²) >= 11 is 0. The molecule has 100 valence electrons. The molecule has 8 heteroatoms. The van der Waals surface area contributed by atoms with Gasteiger partial charge in [0.05, 0.1) is 24.1 Å². The quantitative estimate of drug-likeness (QED) is 0.721. The number of nitrogen functional groups attached to an aromatic ring is 1. The number of ether oxygens (including phenoxy) is 1. The second kappa shape index (κ2) is 5.67. The van der Waals surface area contributed by atoms with Crippen LogP contribution in [0.5, 0.6) is 0 Å². The number of nitrogens with two attached hydrogens (primary N) is 1. The lowest BCUT2D eigenvalue weighted by Crippen LogP contribution is -2.17. The molecule has 0 aliphatic heterocycles. The molecule has 0 radical (unpaired) electrons. The molecular weight excluding hydrogens is 258 g/mol. The van der Waals surface area contributed by atoms with Crippen LogP contribution in [0.1, 0.15) is 10.4 Å². The fraction of sp³-hybridized carbons (Fsp3) is 0.400. The molecule has 0 aromatic carbocycles. The maximum atomic E-state index is 11.4. The molecule has 1 heterocycles. The number of hydrogen-bond acceptors (Lipinski definition) is 7. The second-order valence-electron chi connectivity index (χ2n) is 3.67. The van der Waals surface area contributed by atoms with Crippen molar-refractivity contribution in [3.8, 4) is 0 Å². The Bertz CT molecular complexity index is 542. The van der Waals surface area contributed by atoms with Crippen molar-refractivity contribution in [2.45, 2.75) is 0 Å². The third kappa shape index (κ3) is 3.88. The first-order valence-corrected chi connectivity index (χ1v) is 7.15. The number of sulfone groups is 1. The van der Waals surface area contributed by atoms with Crippen LogP contribution < -0.4 is 11.1 Å². The number of aromatic nitrogens is 1. The van der Waals surface area contributed by atoms with E-state index in [1.165, 1.54) is 19.4 Å². The summed E-state index contributed by atoms with van der Waals surface area (Å²) < 4.78 is 26.5. The van der Waals surface area contributed by atoms with Gasteiger partial charge in [0, 0.05) is 19.0 Å². The number of nitrogens with one attached hydrogen (secondary N) is 1. The fourth-order valence-corrected chi connectivity index (χ4v) is 1.73. The summed E-state index contributed by atoms with van der Waals surface area (Å²) in [6, 6.07) is 1.43. The third-order valence-electron chi connectivity index (χ3n) is 2.16. The van der Waals surface area contributed by atoms with Crippen LogP contribution in [-0.2, 0) is 14.6 Å². The Kier molecular flexibility index (Phi) is 4.49. The molecule has 0 unspecified atom stereocenters. The summed E-state index contributed by atoms with van der Waals surface area (Å²) in [6.07, 6.45) is 2.53. The Labute approximate surface area is 105 Å². The van der Waals surface area contributed by atoms with Gasteiger partial charge in [-0.15, -0.1) is 0 Å². The van der Waals surface area contributed by atoms with E-state index in [1.807, 2.05) is 0 Å². The van der Waals surface area contributed by atoms with E-state index in [-0.39, 0.29) is 29.4 Å². The SMILES string of the molecule is COC(=O)c1ccnc(NCCS(C)(=O)=O)c1N. The van der Waals surface area contributed by atoms with E-state index in [2.05, 4.69) is 15.0 Å². The van der Waals surface area contributed by atoms with Crippen molar-refractivity contribution in [1.82, 2.24) is 4.98 Å². The predicted molar refractivity (Wildman–Crippen MR) is 68.2 cm³/mol. The number of hydrogen-bond donors (Lipinski definition) is 2. The maximum Gasteiger partial charge on any atom is 0.340 e. The molecular formula is C10H15N3O4S. The van der Waals surface area contributed by atoms with E-state index in [0.717, 1.165) is 6.26 Å². The minimum atomic E-state index is -3.06. The predicted octanol–water partition coefficient (Wildman–Crippen LogP) is -0.0931. The highest BCUT2D eigenvalue weighted by Crippen LogP contribution is 2.20. The van der Waals surface area contributed by atoms with Crippen molar-refractivity contribution in [3.63, 3.8) is 0 Å². The molecule has 1 aromatic heterocycles. The van der Waals surface area contributed by atoms with Gasteiger partial charge in [-0.25, -0.2) is 18.2 Å². The molecule has 18 heavy (non-hydrogen) atoms. The van der Waals surface area contributed by atoms with E-state index in [9.17, 15) is 13.2 Å². The highest BCUT2D eigenvalue weighted by molar-refractivity contribution is 7.90. The molecule has 0 bridgehead atoms. The minimum absolute atomic E-state index is 0.0451. The second-order valence-corrected chi connectivity index (χ2v) is 5.93. The van der Waals surface area contributed by atoms with Gasteiger partial charge in [-0.2, -0.15) is 0 Å². The van der Waals surface area contributed by atoms with E-state index >= 15 is 0 Å². The van der Waals surface area contributed by atoms with Gasteiger partial charge in [-0.1, -0.05) is 0 Å². The standard InChI is InChI=1S/C10H15N3O4S/c1-17-10(14)7-3-4-12-9(8(7)11)13-5-6-18(2,15)16/h3-4H,5-6,11H2,1-2H3,(H,12,13). The van der Waals surface area contributed by atoms with Crippen LogP contribution in [0, 0.1) is 0 Å². The van der Waals surface area contributed by atoms with Gasteiger partial charge in [0.15, 0.2) is 0 Å². The van der Waals surface area contributed by atoms with Gasteiger partial charge in [-0.3, -0.25) is 0 Å². The number of rotatable bonds is 5. The largest absolute Gasteiger partial charge is 0.465 e. The normalized spacial score (nSPS) is 11.0. The van der Waals surface area contributed by atoms with Crippen molar-refractivity contribution in [2.24, 2.45) is 0 Å². The van der Waals surface area contributed by atoms with Crippen LogP contribution >= 0.6 is 0 Å². The van der Waals surface area contributed by atoms with Crippen LogP contribution in [-0.4, -0.2) is 45.0 Å². The van der Waals surface area contributed by atoms with E-state index in [1.54, 1.807) is 0 Å². The summed E-state index contributed by atoms with van der Waals surface area (Å²) in [4.78, 5) is 15.3. The Morgan fingerprint density at radius 2 is 2.22 bits per heavy atom. The van der Waals surface area contributed by atoms with Gasteiger partial charge >= 0.3 is 5.97 Å². The molecule has 0 saturated heterocycles. The zero-order valence-corrected chi connectivity index (χ0v) is 11.0. The molecule has 0 fully saturated rings. The average molecular weight is 273 g/mol. The molecule has 3 N–H and O–H groups in total. The van der Waals surface area contributed by atoms with Crippen LogP contribution in [0.4, 0.5) is 11.5 Å². The van der Waals surface area contributed by atoms with Gasteiger partial charge in [-0.05, 0) is 6.07 Å². The zero-order valence-electron chi connectivity index (χ0n) is 10.1. The Morgan fingerprint density at radius 1 is 1.56 bits per heavy atom. The highest BCUT2D eigenvalue weighted by atomic mass is 32.2. The number of methoxy groups -OCH3 is 1. The fourth-order valence-electron chi connectivity index (χ4n) is 1.26. The summed E-state index contributed by atoms with van der Waals surface area (Å²) in [6.45, 7) is 0.167. The lowest BCUT2D eigenvalue weighted by atomic mass is 10.2. The minimum Gasteiger partial charge on any atom is -0.465 e. The average Bonchev–Trinajstić information content (AvgIpc) is 2.29. The van der Waals surface area contributed by atoms with Crippen LogP contribution in [0.3, 0.4) is 0 Å². The first kappa shape index (κ1) is 14.2. The molecule has 1 aromatic rings. The molecule has 7 nitrogen and oxygen atoms in total. The van der Waals surface area contributed by atoms with Crippen molar-refractivity contribution < 1.29 is 17.9 Å². The molecule has 0 aliphatic rings. The van der Waals surface area contributed by atoms with E-state index < -0.39 is 15.8 Å². The molecule has 0 atom stereocenters. The number of esters is 1. The van der Waals surface area contributed by atoms with Crippen LogP contribution in [0.15, 0.2) is 12.3 Å². The first-order valence-electron chi connectivity index (χ1n) is 5.09.